The van der Waals surface area contributed by atoms with Crippen molar-refractivity contribution in [1.82, 2.24) is 9.97 Å². The van der Waals surface area contributed by atoms with Gasteiger partial charge in [0.25, 0.3) is 5.91 Å². The van der Waals surface area contributed by atoms with Crippen molar-refractivity contribution < 1.29 is 27.1 Å². The summed E-state index contributed by atoms with van der Waals surface area (Å²) in [6.45, 7) is 0. The van der Waals surface area contributed by atoms with Gasteiger partial charge in [0, 0.05) is 40.7 Å². The van der Waals surface area contributed by atoms with Crippen molar-refractivity contribution in [2.24, 2.45) is 0 Å². The van der Waals surface area contributed by atoms with Gasteiger partial charge in [0.2, 0.25) is 0 Å². The van der Waals surface area contributed by atoms with Gasteiger partial charge < -0.3 is 19.5 Å². The first-order chi connectivity index (χ1) is 13.4. The Bertz CT molecular complexity index is 1130. The Hall–Kier alpha value is -3.75. The number of nitrogens with zero attached hydrogens (tertiary/aromatic N) is 1. The zero-order valence-corrected chi connectivity index (χ0v) is 14.1. The van der Waals surface area contributed by atoms with Crippen LogP contribution in [0.2, 0.25) is 0 Å². The average molecular weight is 387 g/mol. The van der Waals surface area contributed by atoms with Crippen LogP contribution in [-0.2, 0) is 0 Å². The first-order valence-electron chi connectivity index (χ1n) is 8.06. The number of pyridine rings is 1. The lowest BCUT2D eigenvalue weighted by Crippen LogP contribution is -2.17. The molecule has 0 spiro atoms. The zero-order valence-electron chi connectivity index (χ0n) is 14.1. The van der Waals surface area contributed by atoms with E-state index in [1.165, 1.54) is 24.6 Å². The molecule has 0 unspecified atom stereocenters. The molecule has 9 heteroatoms. The van der Waals surface area contributed by atoms with Crippen molar-refractivity contribution in [3.05, 3.63) is 66.9 Å². The van der Waals surface area contributed by atoms with E-state index in [-0.39, 0.29) is 11.3 Å². The van der Waals surface area contributed by atoms with Gasteiger partial charge in [-0.25, -0.2) is 4.98 Å². The smallest absolute Gasteiger partial charge is 0.472 e. The van der Waals surface area contributed by atoms with Gasteiger partial charge in [-0.1, -0.05) is 6.07 Å². The highest BCUT2D eigenvalue weighted by molar-refractivity contribution is 6.07. The molecule has 0 radical (unpaired) electrons. The lowest BCUT2D eigenvalue weighted by Gasteiger charge is -2.10. The number of ether oxygens (including phenoxy) is 1. The Balaban J connectivity index is 1.59. The first-order valence-corrected chi connectivity index (χ1v) is 8.06. The van der Waals surface area contributed by atoms with Gasteiger partial charge in [0.1, 0.15) is 11.4 Å². The number of hydrogen-bond acceptors (Lipinski definition) is 4. The first kappa shape index (κ1) is 17.7. The number of hydrogen-bond donors (Lipinski definition) is 2. The normalized spacial score (nSPS) is 11.5. The van der Waals surface area contributed by atoms with Gasteiger partial charge in [-0.2, -0.15) is 0 Å². The number of aromatic nitrogens is 2. The van der Waals surface area contributed by atoms with Gasteiger partial charge in [-0.05, 0) is 24.3 Å². The van der Waals surface area contributed by atoms with Crippen molar-refractivity contribution in [1.29, 1.82) is 0 Å². The quantitative estimate of drug-likeness (QED) is 0.518. The molecule has 1 aromatic carbocycles. The molecule has 0 aliphatic rings. The molecule has 1 amide bonds. The number of amides is 1. The van der Waals surface area contributed by atoms with E-state index in [1.807, 2.05) is 0 Å². The number of halogens is 3. The topological polar surface area (TPSA) is 80.1 Å². The number of nitrogens with one attached hydrogen (secondary N) is 2. The maximum absolute atomic E-state index is 12.5. The molecule has 4 rings (SSSR count). The van der Waals surface area contributed by atoms with Crippen LogP contribution in [0.1, 0.15) is 10.4 Å². The molecular weight excluding hydrogens is 375 g/mol. The predicted octanol–water partition coefficient (Wildman–Crippen LogP) is 4.97. The van der Waals surface area contributed by atoms with Crippen molar-refractivity contribution in [2.75, 3.05) is 5.32 Å². The summed E-state index contributed by atoms with van der Waals surface area (Å²) in [5.74, 6) is -0.940. The fraction of sp³-hybridized carbons (Fsp3) is 0.0526. The highest BCUT2D eigenvalue weighted by atomic mass is 19.4. The number of aromatic amines is 1. The minimum Gasteiger partial charge on any atom is -0.472 e. The van der Waals surface area contributed by atoms with Crippen LogP contribution in [0.3, 0.4) is 0 Å². The van der Waals surface area contributed by atoms with Crippen LogP contribution in [0.4, 0.5) is 18.9 Å². The van der Waals surface area contributed by atoms with Crippen LogP contribution in [0.15, 0.2) is 65.7 Å². The summed E-state index contributed by atoms with van der Waals surface area (Å²) in [6.07, 6.45) is 1.43. The molecule has 2 N–H and O–H groups in total. The summed E-state index contributed by atoms with van der Waals surface area (Å²) in [5, 5.41) is 3.25. The molecule has 3 aromatic heterocycles. The Morgan fingerprint density at radius 2 is 2.07 bits per heavy atom. The molecule has 0 atom stereocenters. The summed E-state index contributed by atoms with van der Waals surface area (Å²) in [5.41, 5.74) is 2.64. The fourth-order valence-corrected chi connectivity index (χ4v) is 2.76. The Morgan fingerprint density at radius 1 is 1.21 bits per heavy atom. The molecule has 3 heterocycles. The number of furan rings is 1. The molecule has 0 saturated carbocycles. The monoisotopic (exact) mass is 387 g/mol. The van der Waals surface area contributed by atoms with Crippen molar-refractivity contribution in [2.45, 2.75) is 6.36 Å². The molecule has 142 valence electrons. The van der Waals surface area contributed by atoms with E-state index in [4.69, 9.17) is 4.42 Å². The summed E-state index contributed by atoms with van der Waals surface area (Å²) in [7, 11) is 0. The molecular formula is C19H12F3N3O3. The van der Waals surface area contributed by atoms with E-state index in [2.05, 4.69) is 20.0 Å². The minimum absolute atomic E-state index is 0.163. The maximum Gasteiger partial charge on any atom is 0.573 e. The third kappa shape index (κ3) is 3.68. The van der Waals surface area contributed by atoms with Crippen LogP contribution in [0.25, 0.3) is 22.2 Å². The van der Waals surface area contributed by atoms with Crippen LogP contribution >= 0.6 is 0 Å². The number of rotatable bonds is 4. The van der Waals surface area contributed by atoms with Crippen LogP contribution in [0.5, 0.6) is 5.75 Å². The van der Waals surface area contributed by atoms with Crippen LogP contribution in [-0.4, -0.2) is 22.2 Å². The van der Waals surface area contributed by atoms with Gasteiger partial charge in [0.05, 0.1) is 18.1 Å². The number of alkyl halides is 3. The Labute approximate surface area is 156 Å². The van der Waals surface area contributed by atoms with Crippen LogP contribution < -0.4 is 10.1 Å². The molecule has 0 aliphatic carbocycles. The van der Waals surface area contributed by atoms with Crippen LogP contribution in [0, 0.1) is 0 Å². The molecule has 0 bridgehead atoms. The molecule has 0 saturated heterocycles. The van der Waals surface area contributed by atoms with E-state index >= 15 is 0 Å². The highest BCUT2D eigenvalue weighted by Gasteiger charge is 2.31. The van der Waals surface area contributed by atoms with Crippen molar-refractivity contribution >= 4 is 22.6 Å². The summed E-state index contributed by atoms with van der Waals surface area (Å²) in [6, 6.07) is 8.47. The molecule has 4 aromatic rings. The SMILES string of the molecule is O=C(Nc1cccc(OC(F)(F)F)c1)c1cnc2[nH]cc(-c3ccoc3)c2c1. The van der Waals surface area contributed by atoms with Gasteiger partial charge in [-0.15, -0.1) is 13.2 Å². The van der Waals surface area contributed by atoms with E-state index in [0.717, 1.165) is 23.3 Å². The molecule has 6 nitrogen and oxygen atoms in total. The number of H-pyrrole nitrogens is 1. The zero-order chi connectivity index (χ0) is 19.7. The fourth-order valence-electron chi connectivity index (χ4n) is 2.76. The van der Waals surface area contributed by atoms with Crippen molar-refractivity contribution in [3.8, 4) is 16.9 Å². The predicted molar refractivity (Wildman–Crippen MR) is 94.9 cm³/mol. The number of carbonyl (C=O) groups excluding carboxylic acids is 1. The molecule has 0 aliphatic heterocycles. The third-order valence-corrected chi connectivity index (χ3v) is 3.95. The minimum atomic E-state index is -4.81. The molecule has 28 heavy (non-hydrogen) atoms. The maximum atomic E-state index is 12.5. The number of anilines is 1. The van der Waals surface area contributed by atoms with E-state index in [1.54, 1.807) is 24.6 Å². The van der Waals surface area contributed by atoms with Gasteiger partial charge in [-0.3, -0.25) is 4.79 Å². The largest absolute Gasteiger partial charge is 0.573 e. The second kappa shape index (κ2) is 6.76. The summed E-state index contributed by atoms with van der Waals surface area (Å²) in [4.78, 5) is 19.8. The van der Waals surface area contributed by atoms with E-state index < -0.39 is 18.0 Å². The van der Waals surface area contributed by atoms with E-state index in [0.29, 0.717) is 11.0 Å². The van der Waals surface area contributed by atoms with E-state index in [9.17, 15) is 18.0 Å². The molecule has 0 fully saturated rings. The van der Waals surface area contributed by atoms with Gasteiger partial charge >= 0.3 is 6.36 Å². The summed E-state index contributed by atoms with van der Waals surface area (Å²) < 4.78 is 46.0. The Morgan fingerprint density at radius 3 is 2.82 bits per heavy atom. The van der Waals surface area contributed by atoms with Crippen molar-refractivity contribution in [3.63, 3.8) is 0 Å². The lowest BCUT2D eigenvalue weighted by atomic mass is 10.1. The van der Waals surface area contributed by atoms with Gasteiger partial charge in [0.15, 0.2) is 0 Å². The average Bonchev–Trinajstić information content (AvgIpc) is 3.29. The number of carbonyl (C=O) groups is 1. The standard InChI is InChI=1S/C19H12F3N3O3/c20-19(21,22)28-14-3-1-2-13(7-14)25-18(26)12-6-15-16(11-4-5-27-10-11)9-24-17(15)23-8-12/h1-10H,(H,23,24)(H,25,26). The second-order valence-electron chi connectivity index (χ2n) is 5.86. The number of fused-ring (bicyclic) bond motifs is 1. The second-order valence-corrected chi connectivity index (χ2v) is 5.86. The Kier molecular flexibility index (Phi) is 4.26. The number of benzene rings is 1. The summed E-state index contributed by atoms with van der Waals surface area (Å²) >= 11 is 0. The lowest BCUT2D eigenvalue weighted by molar-refractivity contribution is -0.274. The third-order valence-electron chi connectivity index (χ3n) is 3.95. The highest BCUT2D eigenvalue weighted by Crippen LogP contribution is 2.29.